The number of hydrogen-bond acceptors (Lipinski definition) is 5. The second kappa shape index (κ2) is 9.22. The minimum Gasteiger partial charge on any atom is -0.396 e. The number of nitrogens with zero attached hydrogens (tertiary/aromatic N) is 1. The van der Waals surface area contributed by atoms with Crippen molar-refractivity contribution < 1.29 is 35.6 Å². The number of rotatable bonds is 11. The Kier molecular flexibility index (Phi) is 7.61. The summed E-state index contributed by atoms with van der Waals surface area (Å²) in [5, 5.41) is 8.93. The average Bonchev–Trinajstić information content (AvgIpc) is 2.81. The molecule has 1 atom stereocenters. The van der Waals surface area contributed by atoms with E-state index in [1.54, 1.807) is 6.07 Å². The number of fused-ring (bicyclic) bond motifs is 1. The Labute approximate surface area is 172 Å². The van der Waals surface area contributed by atoms with Crippen LogP contribution in [-0.2, 0) is 25.7 Å². The molecule has 0 radical (unpaired) electrons. The van der Waals surface area contributed by atoms with Gasteiger partial charge in [0.05, 0.1) is 16.1 Å². The van der Waals surface area contributed by atoms with Crippen LogP contribution in [-0.4, -0.2) is 60.2 Å². The lowest BCUT2D eigenvalue weighted by atomic mass is 9.76. The van der Waals surface area contributed by atoms with Crippen LogP contribution < -0.4 is 0 Å². The van der Waals surface area contributed by atoms with Crippen LogP contribution in [0.15, 0.2) is 23.1 Å². The molecular weight excluding hydrogens is 418 g/mol. The van der Waals surface area contributed by atoms with Crippen LogP contribution in [0.4, 0.5) is 5.69 Å². The molecule has 1 aliphatic heterocycles. The number of hydrogen-bond donors (Lipinski definition) is 3. The van der Waals surface area contributed by atoms with E-state index in [0.29, 0.717) is 6.54 Å². The summed E-state index contributed by atoms with van der Waals surface area (Å²) in [5.41, 5.74) is 2.06. The standard InChI is InChI=1S/C19H29NO7S2/c1-15-19(2,10-5-3-4-6-12-21)17-14-16(29(25,26)27)8-9-18(17)20(15)11-7-13-28(22,23)24/h8-9,14,21H,3-7,10-13H2,1-2H3,(H-,22,23,24,25,26,27)/p+1. The third-order valence-electron chi connectivity index (χ3n) is 5.72. The van der Waals surface area contributed by atoms with E-state index in [2.05, 4.69) is 0 Å². The van der Waals surface area contributed by atoms with E-state index in [-0.39, 0.29) is 23.7 Å². The van der Waals surface area contributed by atoms with Gasteiger partial charge in [-0.1, -0.05) is 19.3 Å². The van der Waals surface area contributed by atoms with E-state index in [1.807, 2.05) is 18.4 Å². The highest BCUT2D eigenvalue weighted by molar-refractivity contribution is 7.86. The topological polar surface area (TPSA) is 132 Å². The fourth-order valence-corrected chi connectivity index (χ4v) is 4.98. The van der Waals surface area contributed by atoms with Gasteiger partial charge in [0.15, 0.2) is 5.71 Å². The summed E-state index contributed by atoms with van der Waals surface area (Å²) in [6, 6.07) is 4.46. The maximum Gasteiger partial charge on any atom is 0.294 e. The number of benzene rings is 1. The highest BCUT2D eigenvalue weighted by atomic mass is 32.2. The summed E-state index contributed by atoms with van der Waals surface area (Å²) in [4.78, 5) is -0.171. The maximum absolute atomic E-state index is 11.6. The molecular formula is C19H30NO7S2+. The van der Waals surface area contributed by atoms with E-state index in [4.69, 9.17) is 9.66 Å². The average molecular weight is 449 g/mol. The Hall–Kier alpha value is -1.33. The molecule has 1 aromatic rings. The molecule has 164 valence electrons. The van der Waals surface area contributed by atoms with Gasteiger partial charge >= 0.3 is 0 Å². The second-order valence-electron chi connectivity index (χ2n) is 7.75. The normalized spacial score (nSPS) is 19.6. The quantitative estimate of drug-likeness (QED) is 0.269. The highest BCUT2D eigenvalue weighted by Gasteiger charge is 2.46. The first-order valence-electron chi connectivity index (χ1n) is 9.70. The fourth-order valence-electron chi connectivity index (χ4n) is 3.98. The first-order valence-corrected chi connectivity index (χ1v) is 12.7. The van der Waals surface area contributed by atoms with Gasteiger partial charge in [0.25, 0.3) is 20.2 Å². The van der Waals surface area contributed by atoms with Crippen molar-refractivity contribution in [3.8, 4) is 0 Å². The number of aliphatic hydroxyl groups excluding tert-OH is 1. The van der Waals surface area contributed by atoms with Gasteiger partial charge in [-0.05, 0) is 31.9 Å². The lowest BCUT2D eigenvalue weighted by Gasteiger charge is -2.22. The van der Waals surface area contributed by atoms with E-state index in [0.717, 1.165) is 49.1 Å². The van der Waals surface area contributed by atoms with E-state index >= 15 is 0 Å². The van der Waals surface area contributed by atoms with Crippen molar-refractivity contribution in [1.82, 2.24) is 0 Å². The van der Waals surface area contributed by atoms with E-state index < -0.39 is 25.7 Å². The molecule has 1 aliphatic rings. The Morgan fingerprint density at radius 3 is 2.24 bits per heavy atom. The third kappa shape index (κ3) is 5.85. The molecule has 0 aliphatic carbocycles. The number of unbranched alkanes of at least 4 members (excludes halogenated alkanes) is 3. The summed E-state index contributed by atoms with van der Waals surface area (Å²) in [5.74, 6) is -0.354. The zero-order valence-electron chi connectivity index (χ0n) is 16.8. The molecule has 3 N–H and O–H groups in total. The summed E-state index contributed by atoms with van der Waals surface area (Å²) < 4.78 is 65.8. The molecule has 0 aromatic heterocycles. The van der Waals surface area contributed by atoms with E-state index in [9.17, 15) is 21.4 Å². The molecule has 1 aromatic carbocycles. The van der Waals surface area contributed by atoms with Crippen LogP contribution in [0.2, 0.25) is 0 Å². The van der Waals surface area contributed by atoms with Crippen LogP contribution in [0.5, 0.6) is 0 Å². The molecule has 10 heteroatoms. The minimum absolute atomic E-state index is 0.157. The SMILES string of the molecule is CC1=[N+](CCCS(=O)(=O)O)c2ccc(S(=O)(=O)O)cc2C1(C)CCCCCCO. The first-order chi connectivity index (χ1) is 13.4. The lowest BCUT2D eigenvalue weighted by molar-refractivity contribution is -0.438. The van der Waals surface area contributed by atoms with E-state index in [1.165, 1.54) is 12.1 Å². The molecule has 0 spiro atoms. The van der Waals surface area contributed by atoms with Crippen molar-refractivity contribution in [3.05, 3.63) is 23.8 Å². The summed E-state index contributed by atoms with van der Waals surface area (Å²) in [6.07, 6.45) is 4.43. The second-order valence-corrected chi connectivity index (χ2v) is 10.7. The molecule has 2 rings (SSSR count). The van der Waals surface area contributed by atoms with Crippen LogP contribution >= 0.6 is 0 Å². The van der Waals surface area contributed by atoms with Gasteiger partial charge in [-0.3, -0.25) is 9.11 Å². The van der Waals surface area contributed by atoms with Crippen molar-refractivity contribution in [2.75, 3.05) is 18.9 Å². The summed E-state index contributed by atoms with van der Waals surface area (Å²) in [7, 11) is -8.40. The van der Waals surface area contributed by atoms with Crippen molar-refractivity contribution in [2.45, 2.75) is 62.7 Å². The lowest BCUT2D eigenvalue weighted by Crippen LogP contribution is -2.30. The van der Waals surface area contributed by atoms with Crippen LogP contribution in [0, 0.1) is 0 Å². The van der Waals surface area contributed by atoms with Gasteiger partial charge in [-0.25, -0.2) is 0 Å². The summed E-state index contributed by atoms with van der Waals surface area (Å²) >= 11 is 0. The Morgan fingerprint density at radius 1 is 1.00 bits per heavy atom. The van der Waals surface area contributed by atoms with Crippen molar-refractivity contribution in [3.63, 3.8) is 0 Å². The molecule has 0 saturated carbocycles. The maximum atomic E-state index is 11.6. The third-order valence-corrected chi connectivity index (χ3v) is 7.38. The van der Waals surface area contributed by atoms with Gasteiger partial charge in [0.2, 0.25) is 5.69 Å². The fraction of sp³-hybridized carbons (Fsp3) is 0.632. The molecule has 1 unspecified atom stereocenters. The molecule has 29 heavy (non-hydrogen) atoms. The zero-order chi connectivity index (χ0) is 21.9. The number of aliphatic hydroxyl groups is 1. The molecule has 0 fully saturated rings. The van der Waals surface area contributed by atoms with Gasteiger partial charge in [-0.15, -0.1) is 0 Å². The molecule has 1 heterocycles. The smallest absolute Gasteiger partial charge is 0.294 e. The largest absolute Gasteiger partial charge is 0.396 e. The van der Waals surface area contributed by atoms with Gasteiger partial charge < -0.3 is 5.11 Å². The first kappa shape index (κ1) is 23.9. The predicted octanol–water partition coefficient (Wildman–Crippen LogP) is 2.53. The zero-order valence-corrected chi connectivity index (χ0v) is 18.5. The van der Waals surface area contributed by atoms with Gasteiger partial charge in [0.1, 0.15) is 6.54 Å². The minimum atomic E-state index is -4.35. The van der Waals surface area contributed by atoms with Crippen LogP contribution in [0.1, 0.15) is 57.9 Å². The molecule has 0 amide bonds. The Bertz CT molecular complexity index is 984. The monoisotopic (exact) mass is 448 g/mol. The molecule has 0 saturated heterocycles. The van der Waals surface area contributed by atoms with Crippen molar-refractivity contribution in [2.24, 2.45) is 0 Å². The van der Waals surface area contributed by atoms with Crippen molar-refractivity contribution >= 4 is 31.6 Å². The van der Waals surface area contributed by atoms with Gasteiger partial charge in [-0.2, -0.15) is 21.4 Å². The highest BCUT2D eigenvalue weighted by Crippen LogP contribution is 2.44. The van der Waals surface area contributed by atoms with Gasteiger partial charge in [0, 0.05) is 31.6 Å². The predicted molar refractivity (Wildman–Crippen MR) is 110 cm³/mol. The van der Waals surface area contributed by atoms with Crippen LogP contribution in [0.25, 0.3) is 0 Å². The summed E-state index contributed by atoms with van der Waals surface area (Å²) in [6.45, 7) is 4.48. The Balaban J connectivity index is 2.37. The molecule has 8 nitrogen and oxygen atoms in total. The Morgan fingerprint density at radius 2 is 1.66 bits per heavy atom. The van der Waals surface area contributed by atoms with Crippen molar-refractivity contribution in [1.29, 1.82) is 0 Å². The van der Waals surface area contributed by atoms with Crippen LogP contribution in [0.3, 0.4) is 0 Å². The molecule has 0 bridgehead atoms.